The van der Waals surface area contributed by atoms with Crippen molar-refractivity contribution < 1.29 is 19.1 Å². The Bertz CT molecular complexity index is 716. The minimum Gasteiger partial charge on any atom is -0.493 e. The molecule has 6 heteroatoms. The smallest absolute Gasteiger partial charge is 0.248 e. The summed E-state index contributed by atoms with van der Waals surface area (Å²) in [6.45, 7) is 0.572. The number of rotatable bonds is 8. The Hall–Kier alpha value is -3.02. The average molecular weight is 328 g/mol. The van der Waals surface area contributed by atoms with E-state index in [1.165, 1.54) is 0 Å². The molecule has 0 radical (unpaired) electrons. The second kappa shape index (κ2) is 8.57. The van der Waals surface area contributed by atoms with Crippen LogP contribution in [0.5, 0.6) is 11.5 Å². The number of hydrogen-bond acceptors (Lipinski definition) is 4. The third-order valence-corrected chi connectivity index (χ3v) is 3.36. The van der Waals surface area contributed by atoms with Gasteiger partial charge >= 0.3 is 0 Å². The molecule has 0 atom stereocenters. The summed E-state index contributed by atoms with van der Waals surface area (Å²) in [7, 11) is 1.56. The number of primary amides is 1. The van der Waals surface area contributed by atoms with Gasteiger partial charge in [-0.1, -0.05) is 24.3 Å². The maximum absolute atomic E-state index is 11.9. The SMILES string of the molecule is COc1ccccc1OCCC(=O)NCc1cccc(C(N)=O)c1. The highest BCUT2D eigenvalue weighted by Gasteiger charge is 2.06. The van der Waals surface area contributed by atoms with Crippen molar-refractivity contribution in [3.63, 3.8) is 0 Å². The lowest BCUT2D eigenvalue weighted by Gasteiger charge is -2.10. The van der Waals surface area contributed by atoms with Gasteiger partial charge in [-0.3, -0.25) is 9.59 Å². The van der Waals surface area contributed by atoms with Gasteiger partial charge in [-0.2, -0.15) is 0 Å². The summed E-state index contributed by atoms with van der Waals surface area (Å²) in [5.41, 5.74) is 6.46. The second-order valence-corrected chi connectivity index (χ2v) is 5.09. The van der Waals surface area contributed by atoms with Gasteiger partial charge in [0.05, 0.1) is 20.1 Å². The molecule has 0 fully saturated rings. The summed E-state index contributed by atoms with van der Waals surface area (Å²) < 4.78 is 10.7. The molecule has 0 saturated heterocycles. The summed E-state index contributed by atoms with van der Waals surface area (Å²) in [5.74, 6) is 0.589. The zero-order valence-corrected chi connectivity index (χ0v) is 13.5. The third kappa shape index (κ3) is 5.01. The Balaban J connectivity index is 1.77. The molecule has 3 N–H and O–H groups in total. The molecule has 6 nitrogen and oxygen atoms in total. The quantitative estimate of drug-likeness (QED) is 0.774. The fourth-order valence-electron chi connectivity index (χ4n) is 2.12. The van der Waals surface area contributed by atoms with Crippen LogP contribution in [0, 0.1) is 0 Å². The van der Waals surface area contributed by atoms with Gasteiger partial charge in [0.1, 0.15) is 0 Å². The van der Waals surface area contributed by atoms with Gasteiger partial charge in [0, 0.05) is 12.1 Å². The molecule has 126 valence electrons. The first kappa shape index (κ1) is 17.3. The van der Waals surface area contributed by atoms with Crippen molar-refractivity contribution in [1.29, 1.82) is 0 Å². The molecule has 24 heavy (non-hydrogen) atoms. The van der Waals surface area contributed by atoms with Crippen molar-refractivity contribution >= 4 is 11.8 Å². The van der Waals surface area contributed by atoms with Gasteiger partial charge in [0.2, 0.25) is 11.8 Å². The van der Waals surface area contributed by atoms with E-state index in [0.717, 1.165) is 5.56 Å². The highest BCUT2D eigenvalue weighted by molar-refractivity contribution is 5.92. The summed E-state index contributed by atoms with van der Waals surface area (Å²) >= 11 is 0. The highest BCUT2D eigenvalue weighted by atomic mass is 16.5. The van der Waals surface area contributed by atoms with E-state index in [2.05, 4.69) is 5.32 Å². The lowest BCUT2D eigenvalue weighted by Crippen LogP contribution is -2.24. The van der Waals surface area contributed by atoms with E-state index in [1.807, 2.05) is 18.2 Å². The third-order valence-electron chi connectivity index (χ3n) is 3.36. The molecule has 2 rings (SSSR count). The van der Waals surface area contributed by atoms with E-state index in [1.54, 1.807) is 37.4 Å². The fraction of sp³-hybridized carbons (Fsp3) is 0.222. The van der Waals surface area contributed by atoms with E-state index in [0.29, 0.717) is 23.6 Å². The summed E-state index contributed by atoms with van der Waals surface area (Å²) in [5, 5.41) is 2.78. The Morgan fingerprint density at radius 2 is 1.83 bits per heavy atom. The zero-order valence-electron chi connectivity index (χ0n) is 13.5. The maximum Gasteiger partial charge on any atom is 0.248 e. The number of hydrogen-bond donors (Lipinski definition) is 2. The standard InChI is InChI=1S/C18H20N2O4/c1-23-15-7-2-3-8-16(15)24-10-9-17(21)20-12-13-5-4-6-14(11-13)18(19)22/h2-8,11H,9-10,12H2,1H3,(H2,19,22)(H,20,21). The van der Waals surface area contributed by atoms with Gasteiger partial charge in [-0.15, -0.1) is 0 Å². The van der Waals surface area contributed by atoms with Gasteiger partial charge in [0.15, 0.2) is 11.5 Å². The predicted molar refractivity (Wildman–Crippen MR) is 89.9 cm³/mol. The fourth-order valence-corrected chi connectivity index (χ4v) is 2.12. The highest BCUT2D eigenvalue weighted by Crippen LogP contribution is 2.25. The van der Waals surface area contributed by atoms with E-state index in [4.69, 9.17) is 15.2 Å². The first-order valence-electron chi connectivity index (χ1n) is 7.51. The van der Waals surface area contributed by atoms with Crippen LogP contribution in [0.4, 0.5) is 0 Å². The Morgan fingerprint density at radius 3 is 2.54 bits per heavy atom. The van der Waals surface area contributed by atoms with Crippen molar-refractivity contribution in [2.24, 2.45) is 5.73 Å². The molecule has 0 spiro atoms. The Labute approximate surface area is 140 Å². The molecule has 0 saturated carbocycles. The molecule has 0 bridgehead atoms. The number of nitrogens with one attached hydrogen (secondary N) is 1. The number of para-hydroxylation sites is 2. The topological polar surface area (TPSA) is 90.7 Å². The van der Waals surface area contributed by atoms with Crippen molar-refractivity contribution in [2.45, 2.75) is 13.0 Å². The van der Waals surface area contributed by atoms with Crippen LogP contribution in [0.25, 0.3) is 0 Å². The molecule has 2 aromatic rings. The zero-order chi connectivity index (χ0) is 17.4. The van der Waals surface area contributed by atoms with Gasteiger partial charge < -0.3 is 20.5 Å². The first-order valence-corrected chi connectivity index (χ1v) is 7.51. The number of carbonyl (C=O) groups is 2. The Kier molecular flexibility index (Phi) is 6.19. The van der Waals surface area contributed by atoms with Gasteiger partial charge in [0.25, 0.3) is 0 Å². The van der Waals surface area contributed by atoms with E-state index in [9.17, 15) is 9.59 Å². The number of nitrogens with two attached hydrogens (primary N) is 1. The lowest BCUT2D eigenvalue weighted by atomic mass is 10.1. The number of methoxy groups -OCH3 is 1. The molecule has 0 aromatic heterocycles. The molecule has 0 heterocycles. The minimum atomic E-state index is -0.492. The monoisotopic (exact) mass is 328 g/mol. The summed E-state index contributed by atoms with van der Waals surface area (Å²) in [6.07, 6.45) is 0.216. The van der Waals surface area contributed by atoms with E-state index in [-0.39, 0.29) is 18.9 Å². The molecule has 0 aliphatic carbocycles. The lowest BCUT2D eigenvalue weighted by molar-refractivity contribution is -0.121. The van der Waals surface area contributed by atoms with Crippen LogP contribution in [0.1, 0.15) is 22.3 Å². The molecule has 2 amide bonds. The molecule has 0 unspecified atom stereocenters. The van der Waals surface area contributed by atoms with Crippen LogP contribution in [0.2, 0.25) is 0 Å². The predicted octanol–water partition coefficient (Wildman–Crippen LogP) is 1.88. The van der Waals surface area contributed by atoms with E-state index < -0.39 is 5.91 Å². The second-order valence-electron chi connectivity index (χ2n) is 5.09. The van der Waals surface area contributed by atoms with Gasteiger partial charge in [-0.05, 0) is 29.8 Å². The number of benzene rings is 2. The molecular formula is C18H20N2O4. The van der Waals surface area contributed by atoms with E-state index >= 15 is 0 Å². The van der Waals surface area contributed by atoms with Crippen LogP contribution in [0.15, 0.2) is 48.5 Å². The van der Waals surface area contributed by atoms with Crippen LogP contribution in [-0.2, 0) is 11.3 Å². The first-order chi connectivity index (χ1) is 11.6. The van der Waals surface area contributed by atoms with Crippen LogP contribution >= 0.6 is 0 Å². The van der Waals surface area contributed by atoms with Crippen molar-refractivity contribution in [2.75, 3.05) is 13.7 Å². The van der Waals surface area contributed by atoms with Crippen molar-refractivity contribution in [3.8, 4) is 11.5 Å². The van der Waals surface area contributed by atoms with Crippen molar-refractivity contribution in [1.82, 2.24) is 5.32 Å². The molecule has 0 aliphatic rings. The molecular weight excluding hydrogens is 308 g/mol. The van der Waals surface area contributed by atoms with Gasteiger partial charge in [-0.25, -0.2) is 0 Å². The number of amides is 2. The minimum absolute atomic E-state index is 0.144. The Morgan fingerprint density at radius 1 is 1.08 bits per heavy atom. The molecule has 2 aromatic carbocycles. The van der Waals surface area contributed by atoms with Crippen LogP contribution in [-0.4, -0.2) is 25.5 Å². The number of carbonyl (C=O) groups excluding carboxylic acids is 2. The summed E-state index contributed by atoms with van der Waals surface area (Å²) in [6, 6.07) is 14.1. The van der Waals surface area contributed by atoms with Crippen LogP contribution < -0.4 is 20.5 Å². The largest absolute Gasteiger partial charge is 0.493 e. The average Bonchev–Trinajstić information content (AvgIpc) is 2.60. The van der Waals surface area contributed by atoms with Crippen molar-refractivity contribution in [3.05, 3.63) is 59.7 Å². The maximum atomic E-state index is 11.9. The van der Waals surface area contributed by atoms with Crippen LogP contribution in [0.3, 0.4) is 0 Å². The normalized spacial score (nSPS) is 10.0. The molecule has 0 aliphatic heterocycles. The summed E-state index contributed by atoms with van der Waals surface area (Å²) in [4.78, 5) is 23.0. The number of ether oxygens (including phenoxy) is 2.